The normalized spacial score (nSPS) is 13.4. The van der Waals surface area contributed by atoms with Gasteiger partial charge in [-0.1, -0.05) is 30.3 Å². The molecule has 0 bridgehead atoms. The lowest BCUT2D eigenvalue weighted by Gasteiger charge is -2.23. The number of amides is 2. The second-order valence-corrected chi connectivity index (χ2v) is 6.52. The molecule has 0 aliphatic heterocycles. The summed E-state index contributed by atoms with van der Waals surface area (Å²) < 4.78 is 5.07. The molecule has 0 spiro atoms. The van der Waals surface area contributed by atoms with Crippen molar-refractivity contribution in [1.29, 1.82) is 0 Å². The van der Waals surface area contributed by atoms with Crippen LogP contribution in [-0.2, 0) is 20.7 Å². The SMILES string of the molecule is CC(C)(C)OC(=O)N[C@@H](CN)C(=O)N[C@@H](Cc1ccccc1)C(=O)O. The molecule has 0 unspecified atom stereocenters. The number of benzene rings is 1. The maximum absolute atomic E-state index is 12.3. The summed E-state index contributed by atoms with van der Waals surface area (Å²) in [5, 5.41) is 14.1. The number of carboxylic acid groups (broad SMARTS) is 1. The molecule has 138 valence electrons. The van der Waals surface area contributed by atoms with Crippen molar-refractivity contribution in [2.75, 3.05) is 6.54 Å². The van der Waals surface area contributed by atoms with Crippen LogP contribution < -0.4 is 16.4 Å². The van der Waals surface area contributed by atoms with Gasteiger partial charge >= 0.3 is 12.1 Å². The molecule has 2 amide bonds. The Kier molecular flexibility index (Phi) is 7.38. The van der Waals surface area contributed by atoms with Gasteiger partial charge in [-0.2, -0.15) is 0 Å². The summed E-state index contributed by atoms with van der Waals surface area (Å²) in [7, 11) is 0. The minimum Gasteiger partial charge on any atom is -0.480 e. The molecule has 0 aliphatic rings. The number of hydrogen-bond acceptors (Lipinski definition) is 5. The van der Waals surface area contributed by atoms with E-state index >= 15 is 0 Å². The second-order valence-electron chi connectivity index (χ2n) is 6.52. The third kappa shape index (κ3) is 7.67. The number of rotatable bonds is 7. The van der Waals surface area contributed by atoms with E-state index in [1.807, 2.05) is 6.07 Å². The fourth-order valence-electron chi connectivity index (χ4n) is 2.00. The van der Waals surface area contributed by atoms with Crippen molar-refractivity contribution in [3.05, 3.63) is 35.9 Å². The first-order valence-corrected chi connectivity index (χ1v) is 7.89. The van der Waals surface area contributed by atoms with Crippen LogP contribution in [0.1, 0.15) is 26.3 Å². The fourth-order valence-corrected chi connectivity index (χ4v) is 2.00. The lowest BCUT2D eigenvalue weighted by atomic mass is 10.1. The van der Waals surface area contributed by atoms with Crippen molar-refractivity contribution in [3.8, 4) is 0 Å². The number of aliphatic carboxylic acids is 1. The maximum Gasteiger partial charge on any atom is 0.408 e. The van der Waals surface area contributed by atoms with Crippen LogP contribution in [0.25, 0.3) is 0 Å². The minimum atomic E-state index is -1.18. The Bertz CT molecular complexity index is 598. The van der Waals surface area contributed by atoms with E-state index in [-0.39, 0.29) is 13.0 Å². The van der Waals surface area contributed by atoms with Gasteiger partial charge in [0.2, 0.25) is 5.91 Å². The zero-order valence-electron chi connectivity index (χ0n) is 14.6. The first kappa shape index (κ1) is 20.4. The van der Waals surface area contributed by atoms with Crippen LogP contribution in [0.2, 0.25) is 0 Å². The Hall–Kier alpha value is -2.61. The maximum atomic E-state index is 12.3. The highest BCUT2D eigenvalue weighted by Crippen LogP contribution is 2.07. The topological polar surface area (TPSA) is 131 Å². The average Bonchev–Trinajstić information content (AvgIpc) is 2.51. The van der Waals surface area contributed by atoms with Crippen molar-refractivity contribution in [2.45, 2.75) is 44.9 Å². The van der Waals surface area contributed by atoms with Gasteiger partial charge in [-0.05, 0) is 26.3 Å². The predicted molar refractivity (Wildman–Crippen MR) is 91.9 cm³/mol. The molecule has 1 aromatic rings. The van der Waals surface area contributed by atoms with E-state index in [4.69, 9.17) is 10.5 Å². The third-order valence-corrected chi connectivity index (χ3v) is 3.14. The molecule has 0 aromatic heterocycles. The summed E-state index contributed by atoms with van der Waals surface area (Å²) in [5.74, 6) is -1.86. The Labute approximate surface area is 146 Å². The lowest BCUT2D eigenvalue weighted by molar-refractivity contribution is -0.142. The number of nitrogens with one attached hydrogen (secondary N) is 2. The molecule has 1 rings (SSSR count). The van der Waals surface area contributed by atoms with Crippen LogP contribution in [0.5, 0.6) is 0 Å². The van der Waals surface area contributed by atoms with E-state index < -0.39 is 35.7 Å². The zero-order valence-corrected chi connectivity index (χ0v) is 14.6. The smallest absolute Gasteiger partial charge is 0.408 e. The Balaban J connectivity index is 2.70. The predicted octanol–water partition coefficient (Wildman–Crippen LogP) is 0.651. The van der Waals surface area contributed by atoms with Gasteiger partial charge in [-0.3, -0.25) is 4.79 Å². The largest absolute Gasteiger partial charge is 0.480 e. The Morgan fingerprint density at radius 1 is 1.12 bits per heavy atom. The molecule has 0 aliphatic carbocycles. The third-order valence-electron chi connectivity index (χ3n) is 3.14. The summed E-state index contributed by atoms with van der Waals surface area (Å²) in [6.45, 7) is 4.86. The number of nitrogens with two attached hydrogens (primary N) is 1. The van der Waals surface area contributed by atoms with Crippen LogP contribution in [0.4, 0.5) is 4.79 Å². The number of alkyl carbamates (subject to hydrolysis) is 1. The summed E-state index contributed by atoms with van der Waals surface area (Å²) in [6.07, 6.45) is -0.681. The van der Waals surface area contributed by atoms with Crippen molar-refractivity contribution in [1.82, 2.24) is 10.6 Å². The molecular weight excluding hydrogens is 326 g/mol. The van der Waals surface area contributed by atoms with Gasteiger partial charge in [-0.15, -0.1) is 0 Å². The highest BCUT2D eigenvalue weighted by atomic mass is 16.6. The number of carbonyl (C=O) groups excluding carboxylic acids is 2. The van der Waals surface area contributed by atoms with E-state index in [2.05, 4.69) is 10.6 Å². The quantitative estimate of drug-likeness (QED) is 0.570. The van der Waals surface area contributed by atoms with Crippen molar-refractivity contribution < 1.29 is 24.2 Å². The molecule has 25 heavy (non-hydrogen) atoms. The van der Waals surface area contributed by atoms with E-state index in [1.54, 1.807) is 45.0 Å². The molecule has 0 radical (unpaired) electrons. The van der Waals surface area contributed by atoms with Crippen molar-refractivity contribution >= 4 is 18.0 Å². The van der Waals surface area contributed by atoms with Crippen LogP contribution in [0.3, 0.4) is 0 Å². The highest BCUT2D eigenvalue weighted by molar-refractivity contribution is 5.89. The van der Waals surface area contributed by atoms with Crippen molar-refractivity contribution in [2.24, 2.45) is 5.73 Å². The van der Waals surface area contributed by atoms with Crippen LogP contribution in [-0.4, -0.2) is 47.3 Å². The second kappa shape index (κ2) is 9.03. The first-order valence-electron chi connectivity index (χ1n) is 7.89. The molecular formula is C17H25N3O5. The van der Waals surface area contributed by atoms with Gasteiger partial charge in [0.25, 0.3) is 0 Å². The minimum absolute atomic E-state index is 0.117. The molecule has 0 saturated heterocycles. The van der Waals surface area contributed by atoms with E-state index in [0.29, 0.717) is 0 Å². The van der Waals surface area contributed by atoms with E-state index in [9.17, 15) is 19.5 Å². The van der Waals surface area contributed by atoms with E-state index in [1.165, 1.54) is 0 Å². The number of carboxylic acids is 1. The van der Waals surface area contributed by atoms with Crippen LogP contribution in [0, 0.1) is 0 Å². The van der Waals surface area contributed by atoms with Crippen molar-refractivity contribution in [3.63, 3.8) is 0 Å². The molecule has 0 fully saturated rings. The Morgan fingerprint density at radius 2 is 1.72 bits per heavy atom. The number of carbonyl (C=O) groups is 3. The van der Waals surface area contributed by atoms with Crippen LogP contribution in [0.15, 0.2) is 30.3 Å². The van der Waals surface area contributed by atoms with Gasteiger partial charge in [0, 0.05) is 13.0 Å². The molecule has 8 heteroatoms. The summed E-state index contributed by atoms with van der Waals surface area (Å²) >= 11 is 0. The number of ether oxygens (including phenoxy) is 1. The zero-order chi connectivity index (χ0) is 19.0. The van der Waals surface area contributed by atoms with E-state index in [0.717, 1.165) is 5.56 Å². The molecule has 1 aromatic carbocycles. The van der Waals surface area contributed by atoms with Gasteiger partial charge in [-0.25, -0.2) is 9.59 Å². The molecule has 8 nitrogen and oxygen atoms in total. The molecule has 2 atom stereocenters. The fraction of sp³-hybridized carbons (Fsp3) is 0.471. The van der Waals surface area contributed by atoms with Gasteiger partial charge < -0.3 is 26.2 Å². The van der Waals surface area contributed by atoms with Gasteiger partial charge in [0.15, 0.2) is 0 Å². The average molecular weight is 351 g/mol. The van der Waals surface area contributed by atoms with Gasteiger partial charge in [0.05, 0.1) is 0 Å². The standard InChI is InChI=1S/C17H25N3O5/c1-17(2,3)25-16(24)20-13(10-18)14(21)19-12(15(22)23)9-11-7-5-4-6-8-11/h4-8,12-13H,9-10,18H2,1-3H3,(H,19,21)(H,20,24)(H,22,23)/t12-,13-/m0/s1. The number of hydrogen-bond donors (Lipinski definition) is 4. The molecule has 0 saturated carbocycles. The highest BCUT2D eigenvalue weighted by Gasteiger charge is 2.27. The van der Waals surface area contributed by atoms with Gasteiger partial charge in [0.1, 0.15) is 17.7 Å². The monoisotopic (exact) mass is 351 g/mol. The molecule has 5 N–H and O–H groups in total. The first-order chi connectivity index (χ1) is 11.6. The van der Waals surface area contributed by atoms with Crippen LogP contribution >= 0.6 is 0 Å². The summed E-state index contributed by atoms with van der Waals surface area (Å²) in [6, 6.07) is 6.68. The Morgan fingerprint density at radius 3 is 2.20 bits per heavy atom. The lowest BCUT2D eigenvalue weighted by Crippen LogP contribution is -2.55. The summed E-state index contributed by atoms with van der Waals surface area (Å²) in [4.78, 5) is 35.4. The molecule has 0 heterocycles. The summed E-state index contributed by atoms with van der Waals surface area (Å²) in [5.41, 5.74) is 5.55.